The molecule has 0 atom stereocenters. The third-order valence-corrected chi connectivity index (χ3v) is 1.87. The summed E-state index contributed by atoms with van der Waals surface area (Å²) in [5.41, 5.74) is 1.31. The van der Waals surface area contributed by atoms with E-state index in [0.29, 0.717) is 5.56 Å². The first kappa shape index (κ1) is 8.69. The van der Waals surface area contributed by atoms with E-state index < -0.39 is 0 Å². The summed E-state index contributed by atoms with van der Waals surface area (Å²) < 4.78 is 13.5. The second-order valence-corrected chi connectivity index (χ2v) is 2.89. The molecule has 0 spiro atoms. The maximum absolute atomic E-state index is 13.5. The topological polar surface area (TPSA) is 28.7 Å². The highest BCUT2D eigenvalue weighted by Crippen LogP contribution is 2.17. The zero-order valence-electron chi connectivity index (χ0n) is 7.44. The van der Waals surface area contributed by atoms with Gasteiger partial charge in [-0.1, -0.05) is 30.3 Å². The summed E-state index contributed by atoms with van der Waals surface area (Å²) in [6.45, 7) is 0. The summed E-state index contributed by atoms with van der Waals surface area (Å²) in [7, 11) is 0. The van der Waals surface area contributed by atoms with Crippen molar-refractivity contribution in [2.24, 2.45) is 0 Å². The van der Waals surface area contributed by atoms with Crippen molar-refractivity contribution in [2.45, 2.75) is 0 Å². The summed E-state index contributed by atoms with van der Waals surface area (Å²) >= 11 is 0. The molecule has 2 nitrogen and oxygen atoms in total. The zero-order valence-corrected chi connectivity index (χ0v) is 7.44. The first-order valence-electron chi connectivity index (χ1n) is 4.27. The Hall–Kier alpha value is -1.90. The van der Waals surface area contributed by atoms with E-state index in [1.807, 2.05) is 30.3 Å². The van der Waals surface area contributed by atoms with Crippen molar-refractivity contribution in [3.63, 3.8) is 0 Å². The van der Waals surface area contributed by atoms with Crippen molar-refractivity contribution in [1.29, 1.82) is 0 Å². The van der Waals surface area contributed by atoms with Crippen LogP contribution >= 0.6 is 0 Å². The van der Waals surface area contributed by atoms with E-state index in [4.69, 9.17) is 0 Å². The first-order chi connectivity index (χ1) is 6.86. The first-order valence-corrected chi connectivity index (χ1v) is 4.27. The Morgan fingerprint density at radius 2 is 2.07 bits per heavy atom. The van der Waals surface area contributed by atoms with E-state index in [2.05, 4.69) is 10.2 Å². The molecule has 2 rings (SSSR count). The quantitative estimate of drug-likeness (QED) is 0.771. The van der Waals surface area contributed by atoms with E-state index in [9.17, 15) is 4.39 Å². The molecule has 1 aromatic carbocycles. The molecule has 0 aliphatic rings. The van der Waals surface area contributed by atoms with Crippen LogP contribution in [-0.2, 0) is 0 Å². The van der Waals surface area contributed by atoms with E-state index in [0.717, 1.165) is 5.56 Å². The Labute approximate surface area is 81.1 Å². The van der Waals surface area contributed by atoms with Crippen LogP contribution in [0.3, 0.4) is 0 Å². The smallest absolute Gasteiger partial charge is 0.134 e. The number of aromatic nitrogens is 2. The van der Waals surface area contributed by atoms with Gasteiger partial charge >= 0.3 is 0 Å². The van der Waals surface area contributed by atoms with Crippen molar-refractivity contribution < 1.29 is 4.39 Å². The van der Waals surface area contributed by atoms with Gasteiger partial charge in [-0.05, 0) is 11.6 Å². The molecule has 0 aliphatic heterocycles. The highest BCUT2D eigenvalue weighted by molar-refractivity contribution is 5.75. The highest BCUT2D eigenvalue weighted by Gasteiger charge is 2.00. The number of benzene rings is 1. The third kappa shape index (κ3) is 1.88. The molecule has 0 fully saturated rings. The SMILES string of the molecule is F/C(=C/c1ccccc1)c1cn[nH]c1. The molecule has 70 valence electrons. The Kier molecular flexibility index (Phi) is 2.40. The fourth-order valence-electron chi connectivity index (χ4n) is 1.16. The molecular formula is C11H9FN2. The predicted octanol–water partition coefficient (Wildman–Crippen LogP) is 2.88. The van der Waals surface area contributed by atoms with Crippen molar-refractivity contribution >= 4 is 11.9 Å². The molecule has 0 aliphatic carbocycles. The van der Waals surface area contributed by atoms with Gasteiger partial charge in [-0.2, -0.15) is 5.10 Å². The summed E-state index contributed by atoms with van der Waals surface area (Å²) in [6.07, 6.45) is 4.45. The Balaban J connectivity index is 2.28. The fourth-order valence-corrected chi connectivity index (χ4v) is 1.16. The number of hydrogen-bond acceptors (Lipinski definition) is 1. The van der Waals surface area contributed by atoms with Gasteiger partial charge in [0.1, 0.15) is 5.83 Å². The molecule has 0 saturated heterocycles. The van der Waals surface area contributed by atoms with Gasteiger partial charge in [0.25, 0.3) is 0 Å². The van der Waals surface area contributed by atoms with Gasteiger partial charge in [-0.25, -0.2) is 4.39 Å². The number of aromatic amines is 1. The number of hydrogen-bond donors (Lipinski definition) is 1. The van der Waals surface area contributed by atoms with Crippen LogP contribution in [0.15, 0.2) is 42.7 Å². The van der Waals surface area contributed by atoms with E-state index in [-0.39, 0.29) is 5.83 Å². The van der Waals surface area contributed by atoms with E-state index in [1.165, 1.54) is 18.5 Å². The van der Waals surface area contributed by atoms with Crippen molar-refractivity contribution in [2.75, 3.05) is 0 Å². The van der Waals surface area contributed by atoms with Gasteiger partial charge in [0.2, 0.25) is 0 Å². The number of nitrogens with one attached hydrogen (secondary N) is 1. The minimum atomic E-state index is -0.287. The molecule has 1 aromatic heterocycles. The summed E-state index contributed by atoms with van der Waals surface area (Å²) in [4.78, 5) is 0. The maximum atomic E-state index is 13.5. The molecule has 0 saturated carbocycles. The Morgan fingerprint density at radius 1 is 1.29 bits per heavy atom. The van der Waals surface area contributed by atoms with Gasteiger partial charge in [-0.15, -0.1) is 0 Å². The molecule has 0 amide bonds. The van der Waals surface area contributed by atoms with Gasteiger partial charge in [0.15, 0.2) is 0 Å². The molecule has 3 heteroatoms. The molecule has 2 aromatic rings. The van der Waals surface area contributed by atoms with Gasteiger partial charge in [0, 0.05) is 11.8 Å². The summed E-state index contributed by atoms with van der Waals surface area (Å²) in [6, 6.07) is 9.33. The van der Waals surface area contributed by atoms with Crippen LogP contribution in [0, 0.1) is 0 Å². The minimum absolute atomic E-state index is 0.287. The predicted molar refractivity (Wildman–Crippen MR) is 54.0 cm³/mol. The number of H-pyrrole nitrogens is 1. The lowest BCUT2D eigenvalue weighted by molar-refractivity contribution is 0.765. The average molecular weight is 188 g/mol. The fraction of sp³-hybridized carbons (Fsp3) is 0. The number of halogens is 1. The van der Waals surface area contributed by atoms with Crippen molar-refractivity contribution in [3.05, 3.63) is 53.9 Å². The van der Waals surface area contributed by atoms with Crippen LogP contribution in [-0.4, -0.2) is 10.2 Å². The molecule has 0 radical (unpaired) electrons. The van der Waals surface area contributed by atoms with Crippen LogP contribution in [0.1, 0.15) is 11.1 Å². The Bertz CT molecular complexity index is 418. The molecule has 1 heterocycles. The second-order valence-electron chi connectivity index (χ2n) is 2.89. The molecule has 1 N–H and O–H groups in total. The van der Waals surface area contributed by atoms with Crippen LogP contribution < -0.4 is 0 Å². The van der Waals surface area contributed by atoms with Crippen LogP contribution in [0.25, 0.3) is 11.9 Å². The lowest BCUT2D eigenvalue weighted by atomic mass is 10.2. The molecular weight excluding hydrogens is 179 g/mol. The lowest BCUT2D eigenvalue weighted by Gasteiger charge is -1.93. The zero-order chi connectivity index (χ0) is 9.80. The average Bonchev–Trinajstić information content (AvgIpc) is 2.72. The van der Waals surface area contributed by atoms with Gasteiger partial charge in [-0.3, -0.25) is 5.10 Å². The van der Waals surface area contributed by atoms with Crippen LogP contribution in [0.5, 0.6) is 0 Å². The van der Waals surface area contributed by atoms with Crippen molar-refractivity contribution in [3.8, 4) is 0 Å². The minimum Gasteiger partial charge on any atom is -0.285 e. The second kappa shape index (κ2) is 3.87. The molecule has 14 heavy (non-hydrogen) atoms. The van der Waals surface area contributed by atoms with E-state index >= 15 is 0 Å². The normalized spacial score (nSPS) is 11.6. The molecule has 0 unspecified atom stereocenters. The van der Waals surface area contributed by atoms with Gasteiger partial charge < -0.3 is 0 Å². The number of nitrogens with zero attached hydrogens (tertiary/aromatic N) is 1. The van der Waals surface area contributed by atoms with Gasteiger partial charge in [0.05, 0.1) is 6.20 Å². The van der Waals surface area contributed by atoms with E-state index in [1.54, 1.807) is 0 Å². The molecule has 0 bridgehead atoms. The third-order valence-electron chi connectivity index (χ3n) is 1.87. The number of rotatable bonds is 2. The Morgan fingerprint density at radius 3 is 2.71 bits per heavy atom. The van der Waals surface area contributed by atoms with Crippen molar-refractivity contribution in [1.82, 2.24) is 10.2 Å². The standard InChI is InChI=1S/C11H9FN2/c12-11(10-7-13-14-8-10)6-9-4-2-1-3-5-9/h1-8H,(H,13,14)/b11-6+. The maximum Gasteiger partial charge on any atom is 0.134 e. The lowest BCUT2D eigenvalue weighted by Crippen LogP contribution is -1.74. The summed E-state index contributed by atoms with van der Waals surface area (Å²) in [5, 5.41) is 6.24. The van der Waals surface area contributed by atoms with Crippen LogP contribution in [0.4, 0.5) is 4.39 Å². The monoisotopic (exact) mass is 188 g/mol. The highest BCUT2D eigenvalue weighted by atomic mass is 19.1. The van der Waals surface area contributed by atoms with Crippen LogP contribution in [0.2, 0.25) is 0 Å². The summed E-state index contributed by atoms with van der Waals surface area (Å²) in [5.74, 6) is -0.287. The largest absolute Gasteiger partial charge is 0.285 e.